The zero-order valence-corrected chi connectivity index (χ0v) is 30.0. The second-order valence-corrected chi connectivity index (χ2v) is 20.9. The topological polar surface area (TPSA) is 66.4 Å². The molecule has 1 fully saturated rings. The lowest BCUT2D eigenvalue weighted by Crippen LogP contribution is -2.46. The van der Waals surface area contributed by atoms with Gasteiger partial charge in [-0.3, -0.25) is 0 Å². The van der Waals surface area contributed by atoms with Crippen LogP contribution in [0.4, 0.5) is 0 Å². The van der Waals surface area contributed by atoms with Gasteiger partial charge in [0, 0.05) is 19.3 Å². The SMILES string of the molecule is COc1ccc(COCC[C@H](O)CC2(C[C@H](CCOCc3ccc(OC)cc3)O[Si](C)(C)C(C)(C)C)SCCCS2)cc1. The van der Waals surface area contributed by atoms with E-state index in [1.165, 1.54) is 6.42 Å². The van der Waals surface area contributed by atoms with Gasteiger partial charge in [-0.25, -0.2) is 0 Å². The van der Waals surface area contributed by atoms with Gasteiger partial charge in [0.05, 0.1) is 37.6 Å². The first-order chi connectivity index (χ1) is 20.4. The van der Waals surface area contributed by atoms with Crippen molar-refractivity contribution in [3.05, 3.63) is 59.7 Å². The van der Waals surface area contributed by atoms with Crippen molar-refractivity contribution < 1.29 is 28.5 Å². The Bertz CT molecular complexity index is 1050. The summed E-state index contributed by atoms with van der Waals surface area (Å²) in [4.78, 5) is 0. The molecule has 9 heteroatoms. The Balaban J connectivity index is 1.58. The van der Waals surface area contributed by atoms with Gasteiger partial charge in [0.2, 0.25) is 0 Å². The maximum absolute atomic E-state index is 11.2. The molecule has 2 atom stereocenters. The fraction of sp³-hybridized carbons (Fsp3) is 0.647. The number of ether oxygens (including phenoxy) is 4. The highest BCUT2D eigenvalue weighted by atomic mass is 32.2. The van der Waals surface area contributed by atoms with Gasteiger partial charge in [0.25, 0.3) is 0 Å². The molecule has 0 aliphatic carbocycles. The minimum atomic E-state index is -2.00. The monoisotopic (exact) mass is 650 g/mol. The maximum atomic E-state index is 11.2. The highest BCUT2D eigenvalue weighted by molar-refractivity contribution is 8.18. The standard InChI is InChI=1S/C34H54O6S2Si/c1-33(2,3)43(6,7)40-32(18-20-39-26-28-11-15-31(37-5)16-12-28)24-34(41-21-8-22-42-34)23-29(35)17-19-38-25-27-9-13-30(36-4)14-10-27/h9-16,29,32,35H,8,17-26H2,1-7H3/t29-,32-/m0/s1. The van der Waals surface area contributed by atoms with Crippen molar-refractivity contribution in [1.29, 1.82) is 0 Å². The Morgan fingerprint density at radius 2 is 1.28 bits per heavy atom. The normalized spacial score (nSPS) is 16.9. The summed E-state index contributed by atoms with van der Waals surface area (Å²) in [5.41, 5.74) is 2.24. The molecule has 1 aliphatic heterocycles. The van der Waals surface area contributed by atoms with Crippen LogP contribution in [0.3, 0.4) is 0 Å². The van der Waals surface area contributed by atoms with Gasteiger partial charge < -0.3 is 28.5 Å². The van der Waals surface area contributed by atoms with Crippen LogP contribution in [0.1, 0.15) is 64.0 Å². The largest absolute Gasteiger partial charge is 0.497 e. The molecule has 0 radical (unpaired) electrons. The quantitative estimate of drug-likeness (QED) is 0.128. The van der Waals surface area contributed by atoms with Gasteiger partial charge in [0.15, 0.2) is 8.32 Å². The third kappa shape index (κ3) is 12.3. The number of hydrogen-bond acceptors (Lipinski definition) is 8. The number of methoxy groups -OCH3 is 2. The molecule has 1 aliphatic rings. The predicted molar refractivity (Wildman–Crippen MR) is 184 cm³/mol. The molecule has 0 saturated carbocycles. The summed E-state index contributed by atoms with van der Waals surface area (Å²) in [7, 11) is 1.35. The lowest BCUT2D eigenvalue weighted by molar-refractivity contribution is 0.0590. The van der Waals surface area contributed by atoms with Gasteiger partial charge in [-0.2, -0.15) is 0 Å². The Labute approximate surface area is 270 Å². The first kappa shape index (κ1) is 36.3. The van der Waals surface area contributed by atoms with Gasteiger partial charge in [0.1, 0.15) is 11.5 Å². The molecular weight excluding hydrogens is 597 g/mol. The molecule has 43 heavy (non-hydrogen) atoms. The van der Waals surface area contributed by atoms with Crippen LogP contribution >= 0.6 is 23.5 Å². The van der Waals surface area contributed by atoms with Gasteiger partial charge in [-0.1, -0.05) is 45.0 Å². The van der Waals surface area contributed by atoms with Gasteiger partial charge >= 0.3 is 0 Å². The lowest BCUT2D eigenvalue weighted by atomic mass is 10.0. The van der Waals surface area contributed by atoms with E-state index in [0.29, 0.717) is 32.8 Å². The minimum absolute atomic E-state index is 0.0728. The molecular formula is C34H54O6S2Si. The molecule has 2 aromatic carbocycles. The van der Waals surface area contributed by atoms with Crippen LogP contribution in [0.2, 0.25) is 18.1 Å². The Kier molecular flexibility index (Phi) is 14.7. The molecule has 0 amide bonds. The first-order valence-electron chi connectivity index (χ1n) is 15.5. The third-order valence-corrected chi connectivity index (χ3v) is 16.4. The van der Waals surface area contributed by atoms with Crippen molar-refractivity contribution >= 4 is 31.8 Å². The van der Waals surface area contributed by atoms with Crippen LogP contribution in [0.5, 0.6) is 11.5 Å². The van der Waals surface area contributed by atoms with Crippen LogP contribution in [0.25, 0.3) is 0 Å². The molecule has 0 unspecified atom stereocenters. The van der Waals surface area contributed by atoms with E-state index in [1.807, 2.05) is 59.9 Å². The van der Waals surface area contributed by atoms with E-state index in [9.17, 15) is 5.11 Å². The van der Waals surface area contributed by atoms with Crippen LogP contribution in [0.15, 0.2) is 48.5 Å². The van der Waals surface area contributed by atoms with Crippen LogP contribution in [-0.2, 0) is 27.1 Å². The van der Waals surface area contributed by atoms with Crippen LogP contribution in [0, 0.1) is 0 Å². The molecule has 1 saturated heterocycles. The summed E-state index contributed by atoms with van der Waals surface area (Å²) < 4.78 is 29.6. The van der Waals surface area contributed by atoms with E-state index < -0.39 is 14.4 Å². The van der Waals surface area contributed by atoms with Crippen molar-refractivity contribution in [3.8, 4) is 11.5 Å². The maximum Gasteiger partial charge on any atom is 0.192 e. The number of aliphatic hydroxyl groups excluding tert-OH is 1. The zero-order valence-electron chi connectivity index (χ0n) is 27.4. The average Bonchev–Trinajstić information content (AvgIpc) is 2.97. The zero-order chi connectivity index (χ0) is 31.3. The Morgan fingerprint density at radius 3 is 1.74 bits per heavy atom. The predicted octanol–water partition coefficient (Wildman–Crippen LogP) is 8.32. The van der Waals surface area contributed by atoms with Crippen molar-refractivity contribution in [3.63, 3.8) is 0 Å². The van der Waals surface area contributed by atoms with E-state index in [2.05, 4.69) is 46.0 Å². The summed E-state index contributed by atoms with van der Waals surface area (Å²) >= 11 is 4.03. The summed E-state index contributed by atoms with van der Waals surface area (Å²) in [5, 5.41) is 11.3. The van der Waals surface area contributed by atoms with E-state index in [1.54, 1.807) is 14.2 Å². The van der Waals surface area contributed by atoms with Gasteiger partial charge in [-0.05, 0) is 97.1 Å². The number of aliphatic hydroxyl groups is 1. The number of rotatable bonds is 18. The molecule has 2 aromatic rings. The molecule has 0 spiro atoms. The van der Waals surface area contributed by atoms with Crippen LogP contribution in [-0.4, -0.2) is 68.6 Å². The summed E-state index contributed by atoms with van der Waals surface area (Å²) in [5.74, 6) is 3.93. The second kappa shape index (κ2) is 17.5. The first-order valence-corrected chi connectivity index (χ1v) is 20.4. The number of benzene rings is 2. The molecule has 1 heterocycles. The highest BCUT2D eigenvalue weighted by Gasteiger charge is 2.43. The molecule has 0 aromatic heterocycles. The van der Waals surface area contributed by atoms with Crippen molar-refractivity contribution in [1.82, 2.24) is 0 Å². The molecule has 0 bridgehead atoms. The molecule has 242 valence electrons. The molecule has 3 rings (SSSR count). The second-order valence-electron chi connectivity index (χ2n) is 12.9. The molecule has 6 nitrogen and oxygen atoms in total. The fourth-order valence-corrected chi connectivity index (χ4v) is 9.75. The average molecular weight is 651 g/mol. The molecule has 1 N–H and O–H groups in total. The smallest absolute Gasteiger partial charge is 0.192 e. The van der Waals surface area contributed by atoms with Crippen LogP contribution < -0.4 is 9.47 Å². The summed E-state index contributed by atoms with van der Waals surface area (Å²) in [6.07, 6.45) is 3.96. The van der Waals surface area contributed by atoms with Gasteiger partial charge in [-0.15, -0.1) is 23.5 Å². The van der Waals surface area contributed by atoms with E-state index >= 15 is 0 Å². The minimum Gasteiger partial charge on any atom is -0.497 e. The number of thioether (sulfide) groups is 2. The Hall–Kier alpha value is -1.20. The lowest BCUT2D eigenvalue weighted by Gasteiger charge is -2.44. The summed E-state index contributed by atoms with van der Waals surface area (Å²) in [6.45, 7) is 13.8. The van der Waals surface area contributed by atoms with E-state index in [4.69, 9.17) is 23.4 Å². The van der Waals surface area contributed by atoms with E-state index in [0.717, 1.165) is 53.4 Å². The summed E-state index contributed by atoms with van der Waals surface area (Å²) in [6, 6.07) is 16.0. The third-order valence-electron chi connectivity index (χ3n) is 8.41. The van der Waals surface area contributed by atoms with Crippen molar-refractivity contribution in [2.75, 3.05) is 38.9 Å². The number of hydrogen-bond donors (Lipinski definition) is 1. The fourth-order valence-electron chi connectivity index (χ4n) is 4.80. The highest BCUT2D eigenvalue weighted by Crippen LogP contribution is 2.50. The van der Waals surface area contributed by atoms with E-state index in [-0.39, 0.29) is 15.2 Å². The van der Waals surface area contributed by atoms with Crippen molar-refractivity contribution in [2.24, 2.45) is 0 Å². The van der Waals surface area contributed by atoms with Crippen molar-refractivity contribution in [2.45, 2.75) is 101 Å². The Morgan fingerprint density at radius 1 is 0.791 bits per heavy atom.